The molecule has 4 rings (SSSR count). The number of fused-ring (bicyclic) bond motifs is 1. The molecule has 1 aromatic carbocycles. The zero-order chi connectivity index (χ0) is 26.7. The van der Waals surface area contributed by atoms with Crippen molar-refractivity contribution < 1.29 is 14.3 Å². The van der Waals surface area contributed by atoms with E-state index in [1.165, 1.54) is 7.05 Å². The van der Waals surface area contributed by atoms with E-state index in [2.05, 4.69) is 34.4 Å². The lowest BCUT2D eigenvalue weighted by molar-refractivity contribution is -0.122. The van der Waals surface area contributed by atoms with Gasteiger partial charge in [0.1, 0.15) is 5.02 Å². The fraction of sp³-hybridized carbons (Fsp3) is 0.462. The van der Waals surface area contributed by atoms with Gasteiger partial charge in [-0.2, -0.15) is 4.98 Å². The van der Waals surface area contributed by atoms with E-state index in [0.717, 1.165) is 23.1 Å². The molecule has 0 aliphatic carbocycles. The predicted molar refractivity (Wildman–Crippen MR) is 145 cm³/mol. The largest absolute Gasteiger partial charge is 0.478 e. The Morgan fingerprint density at radius 1 is 1.30 bits per heavy atom. The van der Waals surface area contributed by atoms with Gasteiger partial charge in [0.2, 0.25) is 5.95 Å². The normalized spacial score (nSPS) is 15.5. The first-order chi connectivity index (χ1) is 17.6. The summed E-state index contributed by atoms with van der Waals surface area (Å²) >= 11 is 6.45. The van der Waals surface area contributed by atoms with Crippen molar-refractivity contribution in [3.63, 3.8) is 0 Å². The number of ether oxygens (including phenoxy) is 2. The van der Waals surface area contributed by atoms with Gasteiger partial charge in [0.15, 0.2) is 18.2 Å². The molecule has 0 bridgehead atoms. The Hall–Kier alpha value is -3.37. The summed E-state index contributed by atoms with van der Waals surface area (Å²) in [7, 11) is 1.52. The number of hydrogen-bond acceptors (Lipinski definition) is 8. The smallest absolute Gasteiger partial charge is 0.293 e. The van der Waals surface area contributed by atoms with Crippen LogP contribution in [0.2, 0.25) is 5.02 Å². The van der Waals surface area contributed by atoms with Gasteiger partial charge in [-0.3, -0.25) is 9.59 Å². The number of nitrogens with zero attached hydrogens (tertiary/aromatic N) is 4. The van der Waals surface area contributed by atoms with Gasteiger partial charge in [-0.1, -0.05) is 25.4 Å². The number of hydrogen-bond donors (Lipinski definition) is 2. The van der Waals surface area contributed by atoms with Gasteiger partial charge in [-0.05, 0) is 38.1 Å². The SMILES string of the molecule is CNC(=O)COc1cc2cc(Nc3nc(N4CCOCC(C)(C)C4)ncc3Cl)ccc2n(C(C)C)c1=O. The number of rotatable bonds is 7. The Morgan fingerprint density at radius 3 is 2.81 bits per heavy atom. The lowest BCUT2D eigenvalue weighted by Crippen LogP contribution is -2.35. The zero-order valence-electron chi connectivity index (χ0n) is 21.8. The number of pyridine rings is 1. The maximum Gasteiger partial charge on any atom is 0.293 e. The van der Waals surface area contributed by atoms with E-state index in [1.54, 1.807) is 16.8 Å². The molecule has 1 fully saturated rings. The number of aromatic nitrogens is 3. The summed E-state index contributed by atoms with van der Waals surface area (Å²) < 4.78 is 12.9. The number of benzene rings is 1. The first-order valence-corrected chi connectivity index (χ1v) is 12.6. The van der Waals surface area contributed by atoms with E-state index in [1.807, 2.05) is 32.0 Å². The first kappa shape index (κ1) is 26.7. The molecule has 0 unspecified atom stereocenters. The summed E-state index contributed by atoms with van der Waals surface area (Å²) in [4.78, 5) is 36.0. The summed E-state index contributed by atoms with van der Waals surface area (Å²) in [5.41, 5.74) is 1.15. The van der Waals surface area contributed by atoms with Crippen LogP contribution in [-0.2, 0) is 9.53 Å². The van der Waals surface area contributed by atoms with E-state index >= 15 is 0 Å². The maximum absolute atomic E-state index is 13.0. The van der Waals surface area contributed by atoms with Crippen LogP contribution >= 0.6 is 11.6 Å². The van der Waals surface area contributed by atoms with Gasteiger partial charge in [0.05, 0.1) is 24.9 Å². The van der Waals surface area contributed by atoms with Crippen molar-refractivity contribution in [3.8, 4) is 5.75 Å². The number of halogens is 1. The molecular formula is C26H33ClN6O4. The van der Waals surface area contributed by atoms with Crippen LogP contribution in [0.1, 0.15) is 33.7 Å². The van der Waals surface area contributed by atoms with E-state index < -0.39 is 0 Å². The topological polar surface area (TPSA) is 111 Å². The summed E-state index contributed by atoms with van der Waals surface area (Å²) in [5.74, 6) is 0.835. The molecule has 3 aromatic rings. The van der Waals surface area contributed by atoms with Crippen molar-refractivity contribution in [1.29, 1.82) is 0 Å². The second-order valence-electron chi connectivity index (χ2n) is 10.1. The molecular weight excluding hydrogens is 496 g/mol. The second kappa shape index (κ2) is 10.9. The molecule has 1 saturated heterocycles. The Labute approximate surface area is 220 Å². The molecule has 0 atom stereocenters. The van der Waals surface area contributed by atoms with Gasteiger partial charge >= 0.3 is 0 Å². The minimum absolute atomic E-state index is 0.0325. The highest BCUT2D eigenvalue weighted by molar-refractivity contribution is 6.32. The molecule has 0 radical (unpaired) electrons. The second-order valence-corrected chi connectivity index (χ2v) is 10.6. The third-order valence-electron chi connectivity index (χ3n) is 6.05. The van der Waals surface area contributed by atoms with E-state index in [-0.39, 0.29) is 35.3 Å². The molecule has 0 spiro atoms. The lowest BCUT2D eigenvalue weighted by Gasteiger charge is -2.28. The summed E-state index contributed by atoms with van der Waals surface area (Å²) in [6.07, 6.45) is 1.59. The van der Waals surface area contributed by atoms with Crippen molar-refractivity contribution in [3.05, 3.63) is 45.8 Å². The summed E-state index contributed by atoms with van der Waals surface area (Å²) in [6, 6.07) is 7.16. The van der Waals surface area contributed by atoms with Crippen LogP contribution in [0, 0.1) is 5.41 Å². The number of carbonyl (C=O) groups excluding carboxylic acids is 1. The quantitative estimate of drug-likeness (QED) is 0.477. The number of anilines is 3. The first-order valence-electron chi connectivity index (χ1n) is 12.2. The third kappa shape index (κ3) is 6.14. The van der Waals surface area contributed by atoms with Gasteiger partial charge < -0.3 is 29.6 Å². The standard InChI is InChI=1S/C26H33ClN6O4/c1-16(2)33-20-7-6-18(10-17(20)11-21(24(33)35)37-13-22(34)28-5)30-23-19(27)12-29-25(31-23)32-8-9-36-15-26(3,4)14-32/h6-7,10-12,16H,8-9,13-15H2,1-5H3,(H,28,34)(H,29,30,31). The van der Waals surface area contributed by atoms with Crippen molar-refractivity contribution >= 4 is 45.9 Å². The van der Waals surface area contributed by atoms with Gasteiger partial charge in [-0.25, -0.2) is 4.98 Å². The molecule has 3 heterocycles. The van der Waals surface area contributed by atoms with Crippen molar-refractivity contribution in [1.82, 2.24) is 19.9 Å². The highest BCUT2D eigenvalue weighted by Crippen LogP contribution is 2.30. The number of amides is 1. The van der Waals surface area contributed by atoms with Crippen molar-refractivity contribution in [2.75, 3.05) is 50.2 Å². The summed E-state index contributed by atoms with van der Waals surface area (Å²) in [5, 5.41) is 6.93. The molecule has 1 aliphatic heterocycles. The Kier molecular flexibility index (Phi) is 7.89. The predicted octanol–water partition coefficient (Wildman–Crippen LogP) is 3.76. The average Bonchev–Trinajstić information content (AvgIpc) is 3.04. The molecule has 198 valence electrons. The van der Waals surface area contributed by atoms with E-state index in [9.17, 15) is 9.59 Å². The van der Waals surface area contributed by atoms with Crippen LogP contribution in [0.25, 0.3) is 10.9 Å². The van der Waals surface area contributed by atoms with Gasteiger partial charge in [0, 0.05) is 42.7 Å². The van der Waals surface area contributed by atoms with Crippen molar-refractivity contribution in [2.24, 2.45) is 5.41 Å². The number of nitrogens with one attached hydrogen (secondary N) is 2. The zero-order valence-corrected chi connectivity index (χ0v) is 22.6. The van der Waals surface area contributed by atoms with Crippen LogP contribution in [0.4, 0.5) is 17.5 Å². The minimum Gasteiger partial charge on any atom is -0.478 e. The Balaban J connectivity index is 1.67. The lowest BCUT2D eigenvalue weighted by atomic mass is 9.94. The molecule has 1 aliphatic rings. The van der Waals surface area contributed by atoms with Crippen LogP contribution in [0.3, 0.4) is 0 Å². The molecule has 10 nitrogen and oxygen atoms in total. The molecule has 11 heteroatoms. The average molecular weight is 529 g/mol. The van der Waals surface area contributed by atoms with E-state index in [0.29, 0.717) is 36.5 Å². The third-order valence-corrected chi connectivity index (χ3v) is 6.33. The van der Waals surface area contributed by atoms with Crippen LogP contribution in [0.5, 0.6) is 5.75 Å². The molecule has 0 saturated carbocycles. The fourth-order valence-electron chi connectivity index (χ4n) is 4.30. The molecule has 1 amide bonds. The monoisotopic (exact) mass is 528 g/mol. The Morgan fingerprint density at radius 2 is 2.08 bits per heavy atom. The molecule has 2 aromatic heterocycles. The van der Waals surface area contributed by atoms with E-state index in [4.69, 9.17) is 26.1 Å². The molecule has 37 heavy (non-hydrogen) atoms. The number of likely N-dealkylation sites (N-methyl/N-ethyl adjacent to an activating group) is 1. The molecule has 2 N–H and O–H groups in total. The Bertz CT molecular complexity index is 1360. The maximum atomic E-state index is 13.0. The van der Waals surface area contributed by atoms with Gasteiger partial charge in [-0.15, -0.1) is 0 Å². The highest BCUT2D eigenvalue weighted by atomic mass is 35.5. The fourth-order valence-corrected chi connectivity index (χ4v) is 4.44. The van der Waals surface area contributed by atoms with Crippen LogP contribution in [0.15, 0.2) is 35.3 Å². The van der Waals surface area contributed by atoms with Crippen molar-refractivity contribution in [2.45, 2.75) is 33.7 Å². The van der Waals surface area contributed by atoms with Gasteiger partial charge in [0.25, 0.3) is 11.5 Å². The highest BCUT2D eigenvalue weighted by Gasteiger charge is 2.27. The number of carbonyl (C=O) groups is 1. The summed E-state index contributed by atoms with van der Waals surface area (Å²) in [6.45, 7) is 10.6. The minimum atomic E-state index is -0.320. The van der Waals surface area contributed by atoms with Crippen LogP contribution < -0.4 is 25.8 Å². The van der Waals surface area contributed by atoms with Crippen LogP contribution in [-0.4, -0.2) is 60.4 Å².